The van der Waals surface area contributed by atoms with E-state index >= 15 is 0 Å². The molecule has 3 rings (SSSR count). The third-order valence-electron chi connectivity index (χ3n) is 3.76. The Morgan fingerprint density at radius 2 is 1.85 bits per heavy atom. The van der Waals surface area contributed by atoms with Crippen LogP contribution in [0.1, 0.15) is 29.2 Å². The third-order valence-corrected chi connectivity index (χ3v) is 3.76. The van der Waals surface area contributed by atoms with E-state index in [1.54, 1.807) is 44.2 Å². The van der Waals surface area contributed by atoms with Gasteiger partial charge in [0, 0.05) is 6.92 Å². The van der Waals surface area contributed by atoms with Gasteiger partial charge < -0.3 is 9.47 Å². The van der Waals surface area contributed by atoms with Crippen LogP contribution in [0.5, 0.6) is 5.75 Å². The van der Waals surface area contributed by atoms with E-state index in [1.165, 1.54) is 19.1 Å². The minimum Gasteiger partial charge on any atom is -0.426 e. The second kappa shape index (κ2) is 6.92. The lowest BCUT2D eigenvalue weighted by molar-refractivity contribution is -0.132. The molecule has 0 atom stereocenters. The molecule has 0 saturated carbocycles. The van der Waals surface area contributed by atoms with E-state index in [9.17, 15) is 14.0 Å². The van der Waals surface area contributed by atoms with Crippen molar-refractivity contribution in [2.24, 2.45) is 4.99 Å². The van der Waals surface area contributed by atoms with E-state index in [-0.39, 0.29) is 17.2 Å². The Kier molecular flexibility index (Phi) is 4.67. The lowest BCUT2D eigenvalue weighted by Gasteiger charge is -2.10. The predicted octanol–water partition coefficient (Wildman–Crippen LogP) is 3.71. The number of ether oxygens (including phenoxy) is 2. The normalized spacial score (nSPS) is 15.0. The van der Waals surface area contributed by atoms with Crippen LogP contribution in [0.4, 0.5) is 4.39 Å². The average Bonchev–Trinajstić information content (AvgIpc) is 2.92. The van der Waals surface area contributed by atoms with Crippen LogP contribution in [-0.2, 0) is 14.3 Å². The Balaban J connectivity index is 1.96. The van der Waals surface area contributed by atoms with Crippen LogP contribution in [0.3, 0.4) is 0 Å². The van der Waals surface area contributed by atoms with Gasteiger partial charge in [-0.1, -0.05) is 12.1 Å². The highest BCUT2D eigenvalue weighted by Crippen LogP contribution is 2.27. The van der Waals surface area contributed by atoms with Crippen molar-refractivity contribution in [3.63, 3.8) is 0 Å². The molecule has 6 heteroatoms. The minimum atomic E-state index is -0.650. The van der Waals surface area contributed by atoms with Gasteiger partial charge in [-0.3, -0.25) is 4.79 Å². The number of aliphatic imine (C=N–C) groups is 1. The molecule has 0 fully saturated rings. The highest BCUT2D eigenvalue weighted by molar-refractivity contribution is 6.12. The fourth-order valence-corrected chi connectivity index (χ4v) is 2.69. The summed E-state index contributed by atoms with van der Waals surface area (Å²) in [6, 6.07) is 9.48. The number of hydrogen-bond acceptors (Lipinski definition) is 5. The number of esters is 2. The lowest BCUT2D eigenvalue weighted by atomic mass is 10.0. The molecule has 0 unspecified atom stereocenters. The molecule has 0 aromatic heterocycles. The zero-order chi connectivity index (χ0) is 18.8. The van der Waals surface area contributed by atoms with Crippen molar-refractivity contribution in [1.82, 2.24) is 0 Å². The van der Waals surface area contributed by atoms with E-state index in [0.29, 0.717) is 11.3 Å². The van der Waals surface area contributed by atoms with Crippen molar-refractivity contribution in [1.29, 1.82) is 0 Å². The molecule has 0 N–H and O–H groups in total. The van der Waals surface area contributed by atoms with Crippen molar-refractivity contribution >= 4 is 23.9 Å². The van der Waals surface area contributed by atoms with Gasteiger partial charge in [0.25, 0.3) is 0 Å². The van der Waals surface area contributed by atoms with Gasteiger partial charge in [0.1, 0.15) is 11.6 Å². The van der Waals surface area contributed by atoms with Crippen molar-refractivity contribution in [2.45, 2.75) is 20.8 Å². The molecule has 2 aromatic rings. The van der Waals surface area contributed by atoms with Gasteiger partial charge in [-0.2, -0.15) is 0 Å². The molecular weight excluding hydrogens is 337 g/mol. The van der Waals surface area contributed by atoms with Gasteiger partial charge in [0.05, 0.1) is 5.56 Å². The molecule has 1 heterocycles. The van der Waals surface area contributed by atoms with Gasteiger partial charge in [0.2, 0.25) is 5.90 Å². The third kappa shape index (κ3) is 3.54. The number of benzene rings is 2. The lowest BCUT2D eigenvalue weighted by Crippen LogP contribution is -2.07. The fraction of sp³-hybridized carbons (Fsp3) is 0.150. The number of rotatable bonds is 3. The molecule has 0 spiro atoms. The van der Waals surface area contributed by atoms with E-state index < -0.39 is 17.8 Å². The number of carbonyl (C=O) groups is 2. The smallest absolute Gasteiger partial charge is 0.363 e. The molecule has 132 valence electrons. The van der Waals surface area contributed by atoms with Crippen LogP contribution in [0.25, 0.3) is 6.08 Å². The largest absolute Gasteiger partial charge is 0.426 e. The van der Waals surface area contributed by atoms with Gasteiger partial charge in [-0.25, -0.2) is 14.2 Å². The maximum atomic E-state index is 13.8. The number of cyclic esters (lactones) is 1. The zero-order valence-corrected chi connectivity index (χ0v) is 14.5. The first-order chi connectivity index (χ1) is 12.3. The van der Waals surface area contributed by atoms with E-state index in [0.717, 1.165) is 11.1 Å². The summed E-state index contributed by atoms with van der Waals surface area (Å²) >= 11 is 0. The molecule has 0 radical (unpaired) electrons. The first kappa shape index (κ1) is 17.5. The molecule has 0 amide bonds. The number of nitrogens with zero attached hydrogens (tertiary/aromatic N) is 1. The summed E-state index contributed by atoms with van der Waals surface area (Å²) in [5.74, 6) is -1.14. The van der Waals surface area contributed by atoms with Crippen molar-refractivity contribution in [3.05, 3.63) is 70.2 Å². The van der Waals surface area contributed by atoms with Crippen LogP contribution in [0.2, 0.25) is 0 Å². The summed E-state index contributed by atoms with van der Waals surface area (Å²) in [5, 5.41) is 0. The summed E-state index contributed by atoms with van der Waals surface area (Å²) in [6.07, 6.45) is 1.55. The Bertz CT molecular complexity index is 953. The van der Waals surface area contributed by atoms with Gasteiger partial charge in [0.15, 0.2) is 5.70 Å². The first-order valence-electron chi connectivity index (χ1n) is 7.92. The molecular formula is C20H16FNO4. The van der Waals surface area contributed by atoms with E-state index in [4.69, 9.17) is 9.47 Å². The van der Waals surface area contributed by atoms with Gasteiger partial charge >= 0.3 is 11.9 Å². The second-order valence-electron chi connectivity index (χ2n) is 5.89. The molecule has 0 aliphatic carbocycles. The maximum Gasteiger partial charge on any atom is 0.363 e. The number of aryl methyl sites for hydroxylation is 2. The topological polar surface area (TPSA) is 65.0 Å². The second-order valence-corrected chi connectivity index (χ2v) is 5.89. The van der Waals surface area contributed by atoms with Crippen molar-refractivity contribution < 1.29 is 23.5 Å². The maximum absolute atomic E-state index is 13.8. The molecule has 26 heavy (non-hydrogen) atoms. The standard InChI is InChI=1S/C20H16FNO4/c1-11-8-14(9-12(2)18(11)25-13(3)23)10-17-20(24)26-19(22-17)15-6-4-5-7-16(15)21/h4-10H,1-3H3/b17-10-. The van der Waals surface area contributed by atoms with Crippen LogP contribution in [0.15, 0.2) is 47.1 Å². The predicted molar refractivity (Wildman–Crippen MR) is 94.2 cm³/mol. The molecule has 0 saturated heterocycles. The number of hydrogen-bond donors (Lipinski definition) is 0. The number of halogens is 1. The summed E-state index contributed by atoms with van der Waals surface area (Å²) in [7, 11) is 0. The van der Waals surface area contributed by atoms with E-state index in [2.05, 4.69) is 4.99 Å². The molecule has 5 nitrogen and oxygen atoms in total. The van der Waals surface area contributed by atoms with Gasteiger partial charge in [-0.15, -0.1) is 0 Å². The fourth-order valence-electron chi connectivity index (χ4n) is 2.69. The van der Waals surface area contributed by atoms with Crippen molar-refractivity contribution in [2.75, 3.05) is 0 Å². The summed E-state index contributed by atoms with van der Waals surface area (Å²) in [6.45, 7) is 4.94. The van der Waals surface area contributed by atoms with Crippen LogP contribution in [0, 0.1) is 19.7 Å². The molecule has 1 aliphatic heterocycles. The molecule has 0 bridgehead atoms. The Morgan fingerprint density at radius 1 is 1.19 bits per heavy atom. The Hall–Kier alpha value is -3.28. The monoisotopic (exact) mass is 353 g/mol. The van der Waals surface area contributed by atoms with Crippen LogP contribution < -0.4 is 4.74 Å². The first-order valence-corrected chi connectivity index (χ1v) is 7.92. The highest BCUT2D eigenvalue weighted by Gasteiger charge is 2.26. The summed E-state index contributed by atoms with van der Waals surface area (Å²) in [5.41, 5.74) is 2.39. The Morgan fingerprint density at radius 3 is 2.46 bits per heavy atom. The highest BCUT2D eigenvalue weighted by atomic mass is 19.1. The summed E-state index contributed by atoms with van der Waals surface area (Å²) in [4.78, 5) is 27.3. The zero-order valence-electron chi connectivity index (χ0n) is 14.5. The van der Waals surface area contributed by atoms with E-state index in [1.807, 2.05) is 0 Å². The molecule has 2 aromatic carbocycles. The average molecular weight is 353 g/mol. The van der Waals surface area contributed by atoms with Crippen molar-refractivity contribution in [3.8, 4) is 5.75 Å². The minimum absolute atomic E-state index is 0.0654. The quantitative estimate of drug-likeness (QED) is 0.479. The SMILES string of the molecule is CC(=O)Oc1c(C)cc(/C=C2\N=C(c3ccccc3F)OC2=O)cc1C. The Labute approximate surface area is 149 Å². The molecule has 1 aliphatic rings. The van der Waals surface area contributed by atoms with Gasteiger partial charge in [-0.05, 0) is 60.9 Å². The summed E-state index contributed by atoms with van der Waals surface area (Å²) < 4.78 is 24.1. The number of carbonyl (C=O) groups excluding carboxylic acids is 2. The van der Waals surface area contributed by atoms with Crippen LogP contribution >= 0.6 is 0 Å². The van der Waals surface area contributed by atoms with Crippen LogP contribution in [-0.4, -0.2) is 17.8 Å².